The number of carbonyl (C=O) groups excluding carboxylic acids is 2. The van der Waals surface area contributed by atoms with Gasteiger partial charge in [-0.3, -0.25) is 19.8 Å². The smallest absolute Gasteiger partial charge is 0.245 e. The summed E-state index contributed by atoms with van der Waals surface area (Å²) in [6.07, 6.45) is 2.17. The number of rotatable bonds is 9. The SMILES string of the molecule is O=C(CCNc1ccc(-c2ccc(CC(=O)NCc3ccccc3)nc2)cc1)NO. The predicted molar refractivity (Wildman–Crippen MR) is 115 cm³/mol. The first kappa shape index (κ1) is 21.0. The van der Waals surface area contributed by atoms with Crippen LogP contribution in [0.1, 0.15) is 17.7 Å². The quantitative estimate of drug-likeness (QED) is 0.324. The summed E-state index contributed by atoms with van der Waals surface area (Å²) >= 11 is 0. The van der Waals surface area contributed by atoms with E-state index in [1.807, 2.05) is 66.7 Å². The lowest BCUT2D eigenvalue weighted by Gasteiger charge is -2.08. The fourth-order valence-electron chi connectivity index (χ4n) is 2.88. The number of nitrogens with zero attached hydrogens (tertiary/aromatic N) is 1. The standard InChI is InChI=1S/C23H24N4O3/c28-22(27-30)12-13-24-20-9-6-18(7-10-20)19-8-11-21(25-16-19)14-23(29)26-15-17-4-2-1-3-5-17/h1-11,16,24,30H,12-15H2,(H,26,29)(H,27,28). The minimum absolute atomic E-state index is 0.0654. The van der Waals surface area contributed by atoms with Crippen molar-refractivity contribution in [3.8, 4) is 11.1 Å². The number of hydrogen-bond donors (Lipinski definition) is 4. The Kier molecular flexibility index (Phi) is 7.51. The van der Waals surface area contributed by atoms with Gasteiger partial charge in [0.05, 0.1) is 6.42 Å². The average molecular weight is 404 g/mol. The highest BCUT2D eigenvalue weighted by Gasteiger charge is 2.06. The number of anilines is 1. The van der Waals surface area contributed by atoms with Gasteiger partial charge >= 0.3 is 0 Å². The summed E-state index contributed by atoms with van der Waals surface area (Å²) in [5, 5.41) is 14.5. The van der Waals surface area contributed by atoms with E-state index in [0.717, 1.165) is 22.4 Å². The van der Waals surface area contributed by atoms with Crippen molar-refractivity contribution >= 4 is 17.5 Å². The first-order valence-electron chi connectivity index (χ1n) is 9.67. The molecular weight excluding hydrogens is 380 g/mol. The molecule has 7 nitrogen and oxygen atoms in total. The Hall–Kier alpha value is -3.71. The Morgan fingerprint density at radius 3 is 2.27 bits per heavy atom. The molecule has 0 aliphatic rings. The highest BCUT2D eigenvalue weighted by Crippen LogP contribution is 2.21. The number of carbonyl (C=O) groups is 2. The summed E-state index contributed by atoms with van der Waals surface area (Å²) in [5.41, 5.74) is 6.21. The van der Waals surface area contributed by atoms with Crippen molar-refractivity contribution in [1.29, 1.82) is 0 Å². The fourth-order valence-corrected chi connectivity index (χ4v) is 2.88. The van der Waals surface area contributed by atoms with Crippen molar-refractivity contribution in [3.63, 3.8) is 0 Å². The first-order valence-corrected chi connectivity index (χ1v) is 9.67. The third kappa shape index (κ3) is 6.42. The van der Waals surface area contributed by atoms with E-state index in [2.05, 4.69) is 15.6 Å². The van der Waals surface area contributed by atoms with Gasteiger partial charge in [-0.05, 0) is 29.3 Å². The maximum Gasteiger partial charge on any atom is 0.245 e. The Labute approximate surface area is 175 Å². The molecule has 1 heterocycles. The van der Waals surface area contributed by atoms with Gasteiger partial charge in [-0.1, -0.05) is 48.5 Å². The molecule has 4 N–H and O–H groups in total. The zero-order valence-corrected chi connectivity index (χ0v) is 16.5. The highest BCUT2D eigenvalue weighted by molar-refractivity contribution is 5.78. The Balaban J connectivity index is 1.49. The summed E-state index contributed by atoms with van der Waals surface area (Å²) < 4.78 is 0. The second-order valence-electron chi connectivity index (χ2n) is 6.77. The van der Waals surface area contributed by atoms with Crippen LogP contribution in [-0.2, 0) is 22.6 Å². The summed E-state index contributed by atoms with van der Waals surface area (Å²) in [7, 11) is 0. The zero-order chi connectivity index (χ0) is 21.2. The number of hydroxylamine groups is 1. The summed E-state index contributed by atoms with van der Waals surface area (Å²) in [6.45, 7) is 0.928. The van der Waals surface area contributed by atoms with Gasteiger partial charge in [0.2, 0.25) is 11.8 Å². The minimum atomic E-state index is -0.431. The van der Waals surface area contributed by atoms with Crippen LogP contribution in [0.25, 0.3) is 11.1 Å². The van der Waals surface area contributed by atoms with E-state index in [1.165, 1.54) is 0 Å². The monoisotopic (exact) mass is 404 g/mol. The number of hydrogen-bond acceptors (Lipinski definition) is 5. The zero-order valence-electron chi connectivity index (χ0n) is 16.5. The van der Waals surface area contributed by atoms with Crippen LogP contribution >= 0.6 is 0 Å². The second-order valence-corrected chi connectivity index (χ2v) is 6.77. The topological polar surface area (TPSA) is 103 Å². The second kappa shape index (κ2) is 10.7. The van der Waals surface area contributed by atoms with Crippen LogP contribution in [0.2, 0.25) is 0 Å². The van der Waals surface area contributed by atoms with Gasteiger partial charge < -0.3 is 10.6 Å². The van der Waals surface area contributed by atoms with Crippen molar-refractivity contribution in [3.05, 3.63) is 84.2 Å². The lowest BCUT2D eigenvalue weighted by molar-refractivity contribution is -0.128. The third-order valence-electron chi connectivity index (χ3n) is 4.52. The number of pyridine rings is 1. The molecule has 3 aromatic rings. The van der Waals surface area contributed by atoms with Crippen LogP contribution in [0.3, 0.4) is 0 Å². The normalized spacial score (nSPS) is 10.3. The molecule has 0 saturated heterocycles. The number of nitrogens with one attached hydrogen (secondary N) is 3. The van der Waals surface area contributed by atoms with E-state index < -0.39 is 5.91 Å². The van der Waals surface area contributed by atoms with Crippen molar-refractivity contribution in [2.24, 2.45) is 0 Å². The van der Waals surface area contributed by atoms with Gasteiger partial charge in [-0.2, -0.15) is 0 Å². The number of benzene rings is 2. The molecule has 2 aromatic carbocycles. The van der Waals surface area contributed by atoms with Crippen molar-refractivity contribution in [2.45, 2.75) is 19.4 Å². The lowest BCUT2D eigenvalue weighted by atomic mass is 10.1. The van der Waals surface area contributed by atoms with Gasteiger partial charge in [0, 0.05) is 42.7 Å². The molecule has 0 fully saturated rings. The Morgan fingerprint density at radius 1 is 0.867 bits per heavy atom. The molecule has 0 atom stereocenters. The van der Waals surface area contributed by atoms with E-state index in [4.69, 9.17) is 5.21 Å². The molecule has 0 spiro atoms. The van der Waals surface area contributed by atoms with E-state index >= 15 is 0 Å². The summed E-state index contributed by atoms with van der Waals surface area (Å²) in [4.78, 5) is 27.5. The highest BCUT2D eigenvalue weighted by atomic mass is 16.5. The first-order chi connectivity index (χ1) is 14.6. The van der Waals surface area contributed by atoms with E-state index in [0.29, 0.717) is 18.8 Å². The molecule has 3 rings (SSSR count). The lowest BCUT2D eigenvalue weighted by Crippen LogP contribution is -2.24. The molecule has 0 aliphatic heterocycles. The number of amides is 2. The average Bonchev–Trinajstić information content (AvgIpc) is 2.79. The molecule has 154 valence electrons. The molecule has 0 saturated carbocycles. The van der Waals surface area contributed by atoms with Gasteiger partial charge in [0.15, 0.2) is 0 Å². The maximum absolute atomic E-state index is 12.1. The molecular formula is C23H24N4O3. The molecule has 30 heavy (non-hydrogen) atoms. The molecule has 7 heteroatoms. The van der Waals surface area contributed by atoms with Crippen LogP contribution in [-0.4, -0.2) is 28.6 Å². The Morgan fingerprint density at radius 2 is 1.60 bits per heavy atom. The summed E-state index contributed by atoms with van der Waals surface area (Å²) in [5.74, 6) is -0.497. The molecule has 0 unspecified atom stereocenters. The van der Waals surface area contributed by atoms with Crippen LogP contribution < -0.4 is 16.1 Å². The van der Waals surface area contributed by atoms with E-state index in [-0.39, 0.29) is 18.7 Å². The van der Waals surface area contributed by atoms with Crippen LogP contribution in [0, 0.1) is 0 Å². The maximum atomic E-state index is 12.1. The molecule has 2 amide bonds. The molecule has 0 bridgehead atoms. The molecule has 0 aliphatic carbocycles. The van der Waals surface area contributed by atoms with Crippen LogP contribution in [0.5, 0.6) is 0 Å². The minimum Gasteiger partial charge on any atom is -0.385 e. The largest absolute Gasteiger partial charge is 0.385 e. The fraction of sp³-hybridized carbons (Fsp3) is 0.174. The van der Waals surface area contributed by atoms with E-state index in [1.54, 1.807) is 11.7 Å². The van der Waals surface area contributed by atoms with E-state index in [9.17, 15) is 9.59 Å². The van der Waals surface area contributed by atoms with Gasteiger partial charge in [-0.25, -0.2) is 5.48 Å². The Bertz CT molecular complexity index is 958. The van der Waals surface area contributed by atoms with Crippen LogP contribution in [0.15, 0.2) is 72.9 Å². The molecule has 0 radical (unpaired) electrons. The van der Waals surface area contributed by atoms with Gasteiger partial charge in [0.1, 0.15) is 0 Å². The van der Waals surface area contributed by atoms with Crippen molar-refractivity contribution < 1.29 is 14.8 Å². The van der Waals surface area contributed by atoms with Gasteiger partial charge in [-0.15, -0.1) is 0 Å². The third-order valence-corrected chi connectivity index (χ3v) is 4.52. The van der Waals surface area contributed by atoms with Crippen molar-refractivity contribution in [2.75, 3.05) is 11.9 Å². The van der Waals surface area contributed by atoms with Gasteiger partial charge in [0.25, 0.3) is 0 Å². The summed E-state index contributed by atoms with van der Waals surface area (Å²) in [6, 6.07) is 21.3. The van der Waals surface area contributed by atoms with Crippen molar-refractivity contribution in [1.82, 2.24) is 15.8 Å². The molecule has 1 aromatic heterocycles. The number of aromatic nitrogens is 1. The predicted octanol–water partition coefficient (Wildman–Crippen LogP) is 2.91. The van der Waals surface area contributed by atoms with Crippen LogP contribution in [0.4, 0.5) is 5.69 Å².